The quantitative estimate of drug-likeness (QED) is 0.849. The van der Waals surface area contributed by atoms with Crippen molar-refractivity contribution in [3.8, 4) is 11.5 Å². The van der Waals surface area contributed by atoms with Crippen molar-refractivity contribution in [3.05, 3.63) is 52.3 Å². The van der Waals surface area contributed by atoms with Crippen molar-refractivity contribution >= 4 is 29.1 Å². The van der Waals surface area contributed by atoms with Crippen LogP contribution in [0.3, 0.4) is 0 Å². The summed E-state index contributed by atoms with van der Waals surface area (Å²) in [5.41, 5.74) is 1.16. The topological polar surface area (TPSA) is 67.9 Å². The van der Waals surface area contributed by atoms with Crippen molar-refractivity contribution in [1.82, 2.24) is 4.90 Å². The van der Waals surface area contributed by atoms with Gasteiger partial charge < -0.3 is 19.7 Å². The molecule has 2 amide bonds. The molecule has 1 fully saturated rings. The fraction of sp³-hybridized carbons (Fsp3) is 0.300. The maximum absolute atomic E-state index is 14.3. The second-order valence-corrected chi connectivity index (χ2v) is 7.40. The number of ether oxygens (including phenoxy) is 2. The molecule has 0 bridgehead atoms. The molecule has 2 aliphatic heterocycles. The third kappa shape index (κ3) is 3.62. The lowest BCUT2D eigenvalue weighted by atomic mass is 9.99. The summed E-state index contributed by atoms with van der Waals surface area (Å²) < 4.78 is 25.3. The van der Waals surface area contributed by atoms with Gasteiger partial charge in [-0.3, -0.25) is 9.59 Å². The molecule has 0 radical (unpaired) electrons. The Hall–Kier alpha value is -2.80. The number of amides is 2. The molecular formula is C20H18ClFN2O4. The predicted molar refractivity (Wildman–Crippen MR) is 102 cm³/mol. The van der Waals surface area contributed by atoms with Crippen LogP contribution in [0.4, 0.5) is 10.1 Å². The lowest BCUT2D eigenvalue weighted by Crippen LogP contribution is -2.52. The monoisotopic (exact) mass is 404 g/mol. The Labute approximate surface area is 166 Å². The van der Waals surface area contributed by atoms with Gasteiger partial charge in [0, 0.05) is 30.1 Å². The molecule has 0 aliphatic carbocycles. The molecule has 2 heterocycles. The summed E-state index contributed by atoms with van der Waals surface area (Å²) in [6.45, 7) is 3.17. The van der Waals surface area contributed by atoms with Crippen LogP contribution in [0.2, 0.25) is 5.02 Å². The van der Waals surface area contributed by atoms with Gasteiger partial charge in [-0.15, -0.1) is 0 Å². The summed E-state index contributed by atoms with van der Waals surface area (Å²) in [5.74, 6) is -0.276. The number of halogens is 2. The predicted octanol–water partition coefficient (Wildman–Crippen LogP) is 3.27. The average Bonchev–Trinajstić information content (AvgIpc) is 2.61. The van der Waals surface area contributed by atoms with Crippen molar-refractivity contribution in [2.45, 2.75) is 6.92 Å². The van der Waals surface area contributed by atoms with Crippen LogP contribution in [0, 0.1) is 18.7 Å². The maximum atomic E-state index is 14.3. The first-order chi connectivity index (χ1) is 13.4. The molecule has 2 aromatic carbocycles. The van der Waals surface area contributed by atoms with Gasteiger partial charge in [0.05, 0.1) is 17.9 Å². The highest BCUT2D eigenvalue weighted by Crippen LogP contribution is 2.32. The Morgan fingerprint density at radius 1 is 1.36 bits per heavy atom. The van der Waals surface area contributed by atoms with Gasteiger partial charge in [-0.05, 0) is 36.8 Å². The Morgan fingerprint density at radius 3 is 2.89 bits per heavy atom. The molecule has 0 aromatic heterocycles. The summed E-state index contributed by atoms with van der Waals surface area (Å²) in [6.07, 6.45) is 0. The number of fused-ring (bicyclic) bond motifs is 1. The number of nitrogens with zero attached hydrogens (tertiary/aromatic N) is 1. The summed E-state index contributed by atoms with van der Waals surface area (Å²) in [6, 6.07) is 7.87. The normalized spacial score (nSPS) is 16.0. The van der Waals surface area contributed by atoms with E-state index in [4.69, 9.17) is 21.1 Å². The van der Waals surface area contributed by atoms with Crippen LogP contribution in [0.5, 0.6) is 11.5 Å². The third-order valence-corrected chi connectivity index (χ3v) is 5.02. The highest BCUT2D eigenvalue weighted by molar-refractivity contribution is 6.30. The van der Waals surface area contributed by atoms with E-state index in [1.165, 1.54) is 6.07 Å². The average molecular weight is 405 g/mol. The molecule has 146 valence electrons. The van der Waals surface area contributed by atoms with Gasteiger partial charge >= 0.3 is 0 Å². The number of carbonyl (C=O) groups excluding carboxylic acids is 2. The molecular weight excluding hydrogens is 387 g/mol. The number of carbonyl (C=O) groups is 2. The van der Waals surface area contributed by atoms with E-state index >= 15 is 0 Å². The fourth-order valence-corrected chi connectivity index (χ4v) is 3.49. The Balaban J connectivity index is 1.36. The molecule has 0 atom stereocenters. The van der Waals surface area contributed by atoms with Crippen LogP contribution >= 0.6 is 11.6 Å². The van der Waals surface area contributed by atoms with E-state index in [0.29, 0.717) is 30.4 Å². The molecule has 28 heavy (non-hydrogen) atoms. The zero-order valence-electron chi connectivity index (χ0n) is 15.1. The van der Waals surface area contributed by atoms with Gasteiger partial charge in [-0.25, -0.2) is 4.39 Å². The first kappa shape index (κ1) is 18.6. The van der Waals surface area contributed by atoms with E-state index in [0.717, 1.165) is 17.4 Å². The van der Waals surface area contributed by atoms with Gasteiger partial charge in [-0.2, -0.15) is 0 Å². The van der Waals surface area contributed by atoms with Crippen molar-refractivity contribution in [1.29, 1.82) is 0 Å². The molecule has 0 saturated carbocycles. The first-order valence-corrected chi connectivity index (χ1v) is 9.23. The minimum atomic E-state index is -0.670. The van der Waals surface area contributed by atoms with Gasteiger partial charge in [0.25, 0.3) is 11.8 Å². The summed E-state index contributed by atoms with van der Waals surface area (Å²) >= 11 is 5.93. The van der Waals surface area contributed by atoms with Gasteiger partial charge in [0.2, 0.25) is 0 Å². The molecule has 1 saturated heterocycles. The number of rotatable bonds is 4. The van der Waals surface area contributed by atoms with Crippen molar-refractivity contribution < 1.29 is 23.5 Å². The Kier molecular flexibility index (Phi) is 4.85. The molecule has 2 aliphatic rings. The second kappa shape index (κ2) is 7.31. The number of benzene rings is 2. The summed E-state index contributed by atoms with van der Waals surface area (Å²) in [4.78, 5) is 25.6. The smallest absolute Gasteiger partial charge is 0.262 e. The van der Waals surface area contributed by atoms with Crippen LogP contribution in [-0.2, 0) is 4.79 Å². The molecule has 8 heteroatoms. The largest absolute Gasteiger partial charge is 0.493 e. The molecule has 1 N–H and O–H groups in total. The van der Waals surface area contributed by atoms with Gasteiger partial charge in [0.15, 0.2) is 6.61 Å². The van der Waals surface area contributed by atoms with Crippen LogP contribution in [-0.4, -0.2) is 43.0 Å². The van der Waals surface area contributed by atoms with E-state index in [1.54, 1.807) is 11.0 Å². The van der Waals surface area contributed by atoms with E-state index in [2.05, 4.69) is 5.32 Å². The molecule has 2 aromatic rings. The lowest BCUT2D eigenvalue weighted by molar-refractivity contribution is -0.118. The third-order valence-electron chi connectivity index (χ3n) is 4.79. The SMILES string of the molecule is Cc1cc(Cl)ccc1OCC1CN(C(=O)c2cc3c(cc2F)OCC(=O)N3)C1. The summed E-state index contributed by atoms with van der Waals surface area (Å²) in [5, 5.41) is 3.23. The Morgan fingerprint density at radius 2 is 2.14 bits per heavy atom. The number of likely N-dealkylation sites (tertiary alicyclic amines) is 1. The number of hydrogen-bond acceptors (Lipinski definition) is 4. The maximum Gasteiger partial charge on any atom is 0.262 e. The lowest BCUT2D eigenvalue weighted by Gasteiger charge is -2.39. The first-order valence-electron chi connectivity index (χ1n) is 8.85. The van der Waals surface area contributed by atoms with Crippen LogP contribution in [0.15, 0.2) is 30.3 Å². The highest BCUT2D eigenvalue weighted by Gasteiger charge is 2.34. The highest BCUT2D eigenvalue weighted by atomic mass is 35.5. The van der Waals surface area contributed by atoms with Gasteiger partial charge in [-0.1, -0.05) is 11.6 Å². The van der Waals surface area contributed by atoms with E-state index in [-0.39, 0.29) is 29.7 Å². The van der Waals surface area contributed by atoms with Gasteiger partial charge in [0.1, 0.15) is 17.3 Å². The zero-order chi connectivity index (χ0) is 19.8. The second-order valence-electron chi connectivity index (χ2n) is 6.96. The van der Waals surface area contributed by atoms with E-state index in [1.807, 2.05) is 19.1 Å². The number of nitrogens with one attached hydrogen (secondary N) is 1. The molecule has 4 rings (SSSR count). The summed E-state index contributed by atoms with van der Waals surface area (Å²) in [7, 11) is 0. The number of aryl methyl sites for hydroxylation is 1. The standard InChI is InChI=1S/C20H18ClFN2O4/c1-11-4-13(21)2-3-17(11)27-9-12-7-24(8-12)20(26)14-5-16-18(6-15(14)22)28-10-19(25)23-16/h2-6,12H,7-10H2,1H3,(H,23,25). The fourth-order valence-electron chi connectivity index (χ4n) is 3.26. The van der Waals surface area contributed by atoms with Crippen LogP contribution in [0.25, 0.3) is 0 Å². The van der Waals surface area contributed by atoms with Crippen molar-refractivity contribution in [3.63, 3.8) is 0 Å². The van der Waals surface area contributed by atoms with E-state index in [9.17, 15) is 14.0 Å². The number of hydrogen-bond donors (Lipinski definition) is 1. The van der Waals surface area contributed by atoms with Crippen LogP contribution < -0.4 is 14.8 Å². The van der Waals surface area contributed by atoms with Crippen molar-refractivity contribution in [2.24, 2.45) is 5.92 Å². The zero-order valence-corrected chi connectivity index (χ0v) is 15.9. The minimum absolute atomic E-state index is 0.0857. The van der Waals surface area contributed by atoms with Crippen molar-refractivity contribution in [2.75, 3.05) is 31.6 Å². The molecule has 0 spiro atoms. The van der Waals surface area contributed by atoms with Crippen LogP contribution in [0.1, 0.15) is 15.9 Å². The molecule has 6 nitrogen and oxygen atoms in total. The Bertz CT molecular complexity index is 959. The number of anilines is 1. The minimum Gasteiger partial charge on any atom is -0.493 e. The van der Waals surface area contributed by atoms with E-state index < -0.39 is 11.7 Å². The molecule has 0 unspecified atom stereocenters.